The molecule has 0 bridgehead atoms. The van der Waals surface area contributed by atoms with E-state index in [1.807, 2.05) is 13.8 Å². The first-order valence-electron chi connectivity index (χ1n) is 6.14. The number of aromatic nitrogens is 1. The lowest BCUT2D eigenvalue weighted by atomic mass is 10.1. The highest BCUT2D eigenvalue weighted by Crippen LogP contribution is 2.15. The summed E-state index contributed by atoms with van der Waals surface area (Å²) in [4.78, 5) is 28.6. The molecule has 1 amide bonds. The van der Waals surface area contributed by atoms with Crippen molar-refractivity contribution in [3.8, 4) is 0 Å². The molecule has 0 saturated carbocycles. The number of carbonyl (C=O) groups excluding carboxylic acids is 1. The molecule has 1 fully saturated rings. The molecular weight excluding hydrogens is 250 g/mol. The number of hydrogen-bond acceptors (Lipinski definition) is 5. The van der Waals surface area contributed by atoms with Crippen molar-refractivity contribution in [2.75, 3.05) is 13.1 Å². The standard InChI is InChI=1S/C12H17N3O4/c1-7-8(2)19-10(14-7)6-15-4-3-13-12(18)9(15)5-11(16)17/h9H,3-6H2,1-2H3,(H,13,18)(H,16,17). The van der Waals surface area contributed by atoms with E-state index in [0.717, 1.165) is 11.5 Å². The second kappa shape index (κ2) is 5.40. The van der Waals surface area contributed by atoms with Gasteiger partial charge in [0.1, 0.15) is 11.8 Å². The first-order chi connectivity index (χ1) is 8.97. The molecule has 1 aliphatic rings. The monoisotopic (exact) mass is 267 g/mol. The van der Waals surface area contributed by atoms with Gasteiger partial charge in [0.05, 0.1) is 18.7 Å². The maximum absolute atomic E-state index is 11.7. The summed E-state index contributed by atoms with van der Waals surface area (Å²) in [7, 11) is 0. The van der Waals surface area contributed by atoms with Crippen molar-refractivity contribution in [3.05, 3.63) is 17.3 Å². The quantitative estimate of drug-likeness (QED) is 0.801. The van der Waals surface area contributed by atoms with Crippen LogP contribution in [-0.4, -0.2) is 46.0 Å². The number of aryl methyl sites for hydroxylation is 2. The third kappa shape index (κ3) is 3.11. The fraction of sp³-hybridized carbons (Fsp3) is 0.583. The Bertz CT molecular complexity index is 478. The van der Waals surface area contributed by atoms with Crippen molar-refractivity contribution in [2.24, 2.45) is 0 Å². The lowest BCUT2D eigenvalue weighted by Crippen LogP contribution is -2.55. The first-order valence-corrected chi connectivity index (χ1v) is 6.14. The van der Waals surface area contributed by atoms with Gasteiger partial charge in [0, 0.05) is 13.1 Å². The lowest BCUT2D eigenvalue weighted by Gasteiger charge is -2.33. The molecule has 1 unspecified atom stereocenters. The number of carboxylic acid groups (broad SMARTS) is 1. The van der Waals surface area contributed by atoms with Crippen LogP contribution in [0.15, 0.2) is 4.42 Å². The minimum atomic E-state index is -0.994. The van der Waals surface area contributed by atoms with E-state index < -0.39 is 12.0 Å². The summed E-state index contributed by atoms with van der Waals surface area (Å²) in [5.74, 6) is 0.00630. The van der Waals surface area contributed by atoms with Crippen molar-refractivity contribution < 1.29 is 19.1 Å². The van der Waals surface area contributed by atoms with Gasteiger partial charge in [-0.25, -0.2) is 4.98 Å². The third-order valence-electron chi connectivity index (χ3n) is 3.22. The van der Waals surface area contributed by atoms with Gasteiger partial charge >= 0.3 is 5.97 Å². The van der Waals surface area contributed by atoms with Crippen LogP contribution in [0.25, 0.3) is 0 Å². The second-order valence-corrected chi connectivity index (χ2v) is 4.62. The summed E-state index contributed by atoms with van der Waals surface area (Å²) in [6.07, 6.45) is -0.218. The average Bonchev–Trinajstić information content (AvgIpc) is 2.62. The van der Waals surface area contributed by atoms with Crippen LogP contribution < -0.4 is 5.32 Å². The SMILES string of the molecule is Cc1nc(CN2CCNC(=O)C2CC(=O)O)oc1C. The van der Waals surface area contributed by atoms with Crippen molar-refractivity contribution in [3.63, 3.8) is 0 Å². The molecule has 7 nitrogen and oxygen atoms in total. The maximum atomic E-state index is 11.7. The van der Waals surface area contributed by atoms with Gasteiger partial charge in [0.25, 0.3) is 0 Å². The Morgan fingerprint density at radius 3 is 2.89 bits per heavy atom. The molecule has 1 aromatic heterocycles. The molecule has 1 aliphatic heterocycles. The third-order valence-corrected chi connectivity index (χ3v) is 3.22. The average molecular weight is 267 g/mol. The molecule has 1 atom stereocenters. The fourth-order valence-corrected chi connectivity index (χ4v) is 2.12. The smallest absolute Gasteiger partial charge is 0.305 e. The highest BCUT2D eigenvalue weighted by molar-refractivity contribution is 5.86. The zero-order chi connectivity index (χ0) is 14.0. The first kappa shape index (κ1) is 13.5. The Balaban J connectivity index is 2.11. The van der Waals surface area contributed by atoms with Crippen LogP contribution in [0, 0.1) is 13.8 Å². The molecule has 104 valence electrons. The van der Waals surface area contributed by atoms with Crippen LogP contribution in [0.1, 0.15) is 23.8 Å². The number of aliphatic carboxylic acids is 1. The summed E-state index contributed by atoms with van der Waals surface area (Å²) < 4.78 is 5.47. The number of piperazine rings is 1. The van der Waals surface area contributed by atoms with Gasteiger partial charge in [-0.2, -0.15) is 0 Å². The molecule has 0 aliphatic carbocycles. The summed E-state index contributed by atoms with van der Waals surface area (Å²) in [5, 5.41) is 11.5. The summed E-state index contributed by atoms with van der Waals surface area (Å²) in [6, 6.07) is -0.668. The number of nitrogens with one attached hydrogen (secondary N) is 1. The summed E-state index contributed by atoms with van der Waals surface area (Å²) in [5.41, 5.74) is 0.811. The van der Waals surface area contributed by atoms with E-state index in [0.29, 0.717) is 25.5 Å². The summed E-state index contributed by atoms with van der Waals surface area (Å²) in [6.45, 7) is 5.11. The van der Waals surface area contributed by atoms with Crippen molar-refractivity contribution in [1.29, 1.82) is 0 Å². The molecule has 7 heteroatoms. The van der Waals surface area contributed by atoms with Crippen molar-refractivity contribution in [1.82, 2.24) is 15.2 Å². The number of rotatable bonds is 4. The van der Waals surface area contributed by atoms with Gasteiger partial charge in [-0.05, 0) is 13.8 Å². The predicted octanol–water partition coefficient (Wildman–Crippen LogP) is 0.0665. The van der Waals surface area contributed by atoms with E-state index in [2.05, 4.69) is 10.3 Å². The Labute approximate surface area is 110 Å². The molecule has 0 spiro atoms. The molecular formula is C12H17N3O4. The second-order valence-electron chi connectivity index (χ2n) is 4.62. The Morgan fingerprint density at radius 1 is 1.58 bits per heavy atom. The Hall–Kier alpha value is -1.89. The molecule has 1 aromatic rings. The van der Waals surface area contributed by atoms with Crippen molar-refractivity contribution >= 4 is 11.9 Å². The molecule has 1 saturated heterocycles. The fourth-order valence-electron chi connectivity index (χ4n) is 2.12. The highest BCUT2D eigenvalue weighted by Gasteiger charge is 2.32. The molecule has 2 N–H and O–H groups in total. The molecule has 0 radical (unpaired) electrons. The molecule has 2 rings (SSSR count). The number of nitrogens with zero attached hydrogens (tertiary/aromatic N) is 2. The normalized spacial score (nSPS) is 20.3. The van der Waals surface area contributed by atoms with Crippen LogP contribution in [0.2, 0.25) is 0 Å². The van der Waals surface area contributed by atoms with Gasteiger partial charge in [0.2, 0.25) is 11.8 Å². The number of carbonyl (C=O) groups is 2. The largest absolute Gasteiger partial charge is 0.481 e. The maximum Gasteiger partial charge on any atom is 0.305 e. The number of carboxylic acids is 1. The molecule has 0 aromatic carbocycles. The van der Waals surface area contributed by atoms with Crippen LogP contribution >= 0.6 is 0 Å². The van der Waals surface area contributed by atoms with E-state index in [1.54, 1.807) is 4.90 Å². The minimum Gasteiger partial charge on any atom is -0.481 e. The van der Waals surface area contributed by atoms with E-state index in [4.69, 9.17) is 9.52 Å². The molecule has 2 heterocycles. The Morgan fingerprint density at radius 2 is 2.32 bits per heavy atom. The van der Waals surface area contributed by atoms with Crippen LogP contribution in [0.4, 0.5) is 0 Å². The lowest BCUT2D eigenvalue weighted by molar-refractivity contribution is -0.143. The van der Waals surface area contributed by atoms with E-state index in [1.165, 1.54) is 0 Å². The number of hydrogen-bond donors (Lipinski definition) is 2. The van der Waals surface area contributed by atoms with E-state index in [9.17, 15) is 9.59 Å². The zero-order valence-corrected chi connectivity index (χ0v) is 11.0. The van der Waals surface area contributed by atoms with Gasteiger partial charge in [-0.1, -0.05) is 0 Å². The van der Waals surface area contributed by atoms with E-state index >= 15 is 0 Å². The minimum absolute atomic E-state index is 0.218. The van der Waals surface area contributed by atoms with Crippen molar-refractivity contribution in [2.45, 2.75) is 32.9 Å². The highest BCUT2D eigenvalue weighted by atomic mass is 16.4. The zero-order valence-electron chi connectivity index (χ0n) is 11.0. The number of oxazole rings is 1. The van der Waals surface area contributed by atoms with Crippen LogP contribution in [-0.2, 0) is 16.1 Å². The van der Waals surface area contributed by atoms with Gasteiger partial charge in [0.15, 0.2) is 0 Å². The van der Waals surface area contributed by atoms with Gasteiger partial charge < -0.3 is 14.8 Å². The van der Waals surface area contributed by atoms with Gasteiger partial charge in [-0.3, -0.25) is 14.5 Å². The van der Waals surface area contributed by atoms with Crippen LogP contribution in [0.5, 0.6) is 0 Å². The van der Waals surface area contributed by atoms with Gasteiger partial charge in [-0.15, -0.1) is 0 Å². The summed E-state index contributed by atoms with van der Waals surface area (Å²) >= 11 is 0. The Kier molecular flexibility index (Phi) is 3.84. The van der Waals surface area contributed by atoms with Crippen LogP contribution in [0.3, 0.4) is 0 Å². The number of amides is 1. The predicted molar refractivity (Wildman–Crippen MR) is 65.4 cm³/mol. The molecule has 19 heavy (non-hydrogen) atoms. The van der Waals surface area contributed by atoms with E-state index in [-0.39, 0.29) is 12.3 Å². The topological polar surface area (TPSA) is 95.7 Å².